The van der Waals surface area contributed by atoms with E-state index in [-0.39, 0.29) is 0 Å². The van der Waals surface area contributed by atoms with Gasteiger partial charge < -0.3 is 10.1 Å². The summed E-state index contributed by atoms with van der Waals surface area (Å²) in [4.78, 5) is 2.73. The molecule has 1 aliphatic heterocycles. The second-order valence-corrected chi connectivity index (χ2v) is 6.17. The summed E-state index contributed by atoms with van der Waals surface area (Å²) in [6.07, 6.45) is 8.36. The molecule has 1 N–H and O–H groups in total. The van der Waals surface area contributed by atoms with E-state index in [1.165, 1.54) is 51.6 Å². The number of hydrogen-bond acceptors (Lipinski definition) is 3. The summed E-state index contributed by atoms with van der Waals surface area (Å²) < 4.78 is 5.59. The van der Waals surface area contributed by atoms with Gasteiger partial charge in [0.2, 0.25) is 0 Å². The van der Waals surface area contributed by atoms with Gasteiger partial charge in [-0.2, -0.15) is 0 Å². The van der Waals surface area contributed by atoms with Crippen molar-refractivity contribution in [1.29, 1.82) is 0 Å². The Kier molecular flexibility index (Phi) is 6.62. The molecular weight excluding hydrogens is 236 g/mol. The van der Waals surface area contributed by atoms with Crippen LogP contribution >= 0.6 is 0 Å². The van der Waals surface area contributed by atoms with Gasteiger partial charge in [-0.15, -0.1) is 0 Å². The number of ether oxygens (including phenoxy) is 1. The van der Waals surface area contributed by atoms with E-state index >= 15 is 0 Å². The predicted molar refractivity (Wildman–Crippen MR) is 80.5 cm³/mol. The molecule has 2 aliphatic rings. The lowest BCUT2D eigenvalue weighted by atomic mass is 9.92. The maximum atomic E-state index is 5.59. The number of likely N-dealkylation sites (N-methyl/N-ethyl adjacent to an activating group) is 2. The van der Waals surface area contributed by atoms with E-state index in [1.54, 1.807) is 0 Å². The lowest BCUT2D eigenvalue weighted by Crippen LogP contribution is -2.49. The minimum Gasteiger partial charge on any atom is -0.381 e. The summed E-state index contributed by atoms with van der Waals surface area (Å²) in [6, 6.07) is 1.46. The molecule has 3 heteroatoms. The molecule has 2 atom stereocenters. The van der Waals surface area contributed by atoms with Crippen LogP contribution in [-0.2, 0) is 4.74 Å². The predicted octanol–water partition coefficient (Wildman–Crippen LogP) is 2.66. The van der Waals surface area contributed by atoms with E-state index in [2.05, 4.69) is 24.1 Å². The lowest BCUT2D eigenvalue weighted by Gasteiger charge is -2.37. The molecule has 1 saturated carbocycles. The van der Waals surface area contributed by atoms with Crippen LogP contribution in [0.25, 0.3) is 0 Å². The van der Waals surface area contributed by atoms with Crippen LogP contribution < -0.4 is 5.32 Å². The summed E-state index contributed by atoms with van der Waals surface area (Å²) in [5.74, 6) is 0.720. The van der Waals surface area contributed by atoms with Crippen molar-refractivity contribution in [3.05, 3.63) is 0 Å². The maximum absolute atomic E-state index is 5.59. The van der Waals surface area contributed by atoms with Crippen LogP contribution in [-0.4, -0.2) is 49.8 Å². The fourth-order valence-electron chi connectivity index (χ4n) is 3.75. The zero-order valence-electron chi connectivity index (χ0n) is 12.9. The van der Waals surface area contributed by atoms with E-state index in [0.29, 0.717) is 6.04 Å². The van der Waals surface area contributed by atoms with Gasteiger partial charge in [0, 0.05) is 31.2 Å². The molecule has 0 aromatic rings. The van der Waals surface area contributed by atoms with Crippen molar-refractivity contribution in [2.24, 2.45) is 5.92 Å². The first-order valence-electron chi connectivity index (χ1n) is 8.40. The van der Waals surface area contributed by atoms with Crippen molar-refractivity contribution in [1.82, 2.24) is 10.2 Å². The standard InChI is InChI=1S/C16H32N2O/c1-3-17-16(14-10-11-19-13-14)12-18(4-2)15-8-6-5-7-9-15/h14-17H,3-13H2,1-2H3. The van der Waals surface area contributed by atoms with E-state index in [0.717, 1.165) is 31.7 Å². The Bertz CT molecular complexity index is 235. The molecule has 0 amide bonds. The normalized spacial score (nSPS) is 27.0. The van der Waals surface area contributed by atoms with Gasteiger partial charge in [-0.05, 0) is 32.4 Å². The van der Waals surface area contributed by atoms with Crippen molar-refractivity contribution >= 4 is 0 Å². The first-order valence-corrected chi connectivity index (χ1v) is 8.40. The fourth-order valence-corrected chi connectivity index (χ4v) is 3.75. The molecule has 3 nitrogen and oxygen atoms in total. The molecule has 1 saturated heterocycles. The van der Waals surface area contributed by atoms with Gasteiger partial charge in [-0.1, -0.05) is 33.1 Å². The van der Waals surface area contributed by atoms with Gasteiger partial charge in [0.05, 0.1) is 6.61 Å². The molecule has 1 aliphatic carbocycles. The molecule has 19 heavy (non-hydrogen) atoms. The maximum Gasteiger partial charge on any atom is 0.0510 e. The molecule has 112 valence electrons. The van der Waals surface area contributed by atoms with Crippen molar-refractivity contribution in [3.63, 3.8) is 0 Å². The smallest absolute Gasteiger partial charge is 0.0510 e. The summed E-state index contributed by atoms with van der Waals surface area (Å²) in [5, 5.41) is 3.71. The van der Waals surface area contributed by atoms with Crippen LogP contribution in [0.1, 0.15) is 52.4 Å². The number of nitrogens with zero attached hydrogens (tertiary/aromatic N) is 1. The SMILES string of the molecule is CCNC(CN(CC)C1CCCCC1)C1CCOC1. The fraction of sp³-hybridized carbons (Fsp3) is 1.00. The van der Waals surface area contributed by atoms with Crippen molar-refractivity contribution in [2.45, 2.75) is 64.5 Å². The van der Waals surface area contributed by atoms with Crippen molar-refractivity contribution in [2.75, 3.05) is 32.8 Å². The monoisotopic (exact) mass is 268 g/mol. The molecule has 0 radical (unpaired) electrons. The number of hydrogen-bond donors (Lipinski definition) is 1. The Morgan fingerprint density at radius 1 is 1.16 bits per heavy atom. The van der Waals surface area contributed by atoms with Gasteiger partial charge in [-0.25, -0.2) is 0 Å². The highest BCUT2D eigenvalue weighted by atomic mass is 16.5. The quantitative estimate of drug-likeness (QED) is 0.768. The van der Waals surface area contributed by atoms with Crippen LogP contribution in [0.15, 0.2) is 0 Å². The zero-order chi connectivity index (χ0) is 13.5. The zero-order valence-corrected chi connectivity index (χ0v) is 12.9. The number of rotatable bonds is 7. The summed E-state index contributed by atoms with van der Waals surface area (Å²) in [6.45, 7) is 9.94. The first-order chi connectivity index (χ1) is 9.35. The minimum absolute atomic E-state index is 0.620. The molecular formula is C16H32N2O. The Hall–Kier alpha value is -0.120. The number of nitrogens with one attached hydrogen (secondary N) is 1. The Balaban J connectivity index is 1.88. The van der Waals surface area contributed by atoms with Crippen LogP contribution in [0, 0.1) is 5.92 Å². The van der Waals surface area contributed by atoms with Crippen LogP contribution in [0.4, 0.5) is 0 Å². The molecule has 0 aromatic carbocycles. The average Bonchev–Trinajstić information content (AvgIpc) is 2.98. The molecule has 2 unspecified atom stereocenters. The van der Waals surface area contributed by atoms with Crippen molar-refractivity contribution in [3.8, 4) is 0 Å². The highest BCUT2D eigenvalue weighted by Gasteiger charge is 2.29. The van der Waals surface area contributed by atoms with Crippen LogP contribution in [0.5, 0.6) is 0 Å². The first kappa shape index (κ1) is 15.3. The van der Waals surface area contributed by atoms with Gasteiger partial charge in [0.25, 0.3) is 0 Å². The molecule has 0 aromatic heterocycles. The Morgan fingerprint density at radius 2 is 1.95 bits per heavy atom. The summed E-state index contributed by atoms with van der Waals surface area (Å²) >= 11 is 0. The molecule has 2 rings (SSSR count). The lowest BCUT2D eigenvalue weighted by molar-refractivity contribution is 0.123. The van der Waals surface area contributed by atoms with Gasteiger partial charge in [-0.3, -0.25) is 4.90 Å². The highest BCUT2D eigenvalue weighted by molar-refractivity contribution is 4.85. The van der Waals surface area contributed by atoms with Gasteiger partial charge in [0.1, 0.15) is 0 Å². The minimum atomic E-state index is 0.620. The average molecular weight is 268 g/mol. The Labute approximate surface area is 119 Å². The molecule has 2 fully saturated rings. The van der Waals surface area contributed by atoms with Crippen molar-refractivity contribution < 1.29 is 4.74 Å². The molecule has 0 spiro atoms. The topological polar surface area (TPSA) is 24.5 Å². The van der Waals surface area contributed by atoms with E-state index < -0.39 is 0 Å². The van der Waals surface area contributed by atoms with Gasteiger partial charge in [0.15, 0.2) is 0 Å². The van der Waals surface area contributed by atoms with E-state index in [4.69, 9.17) is 4.74 Å². The van der Waals surface area contributed by atoms with E-state index in [9.17, 15) is 0 Å². The second kappa shape index (κ2) is 8.23. The van der Waals surface area contributed by atoms with Crippen LogP contribution in [0.2, 0.25) is 0 Å². The third-order valence-corrected chi connectivity index (χ3v) is 4.93. The summed E-state index contributed by atoms with van der Waals surface area (Å²) in [7, 11) is 0. The highest BCUT2D eigenvalue weighted by Crippen LogP contribution is 2.24. The van der Waals surface area contributed by atoms with E-state index in [1.807, 2.05) is 0 Å². The largest absolute Gasteiger partial charge is 0.381 e. The van der Waals surface area contributed by atoms with Gasteiger partial charge >= 0.3 is 0 Å². The second-order valence-electron chi connectivity index (χ2n) is 6.17. The third kappa shape index (κ3) is 4.44. The summed E-state index contributed by atoms with van der Waals surface area (Å²) in [5.41, 5.74) is 0. The third-order valence-electron chi connectivity index (χ3n) is 4.93. The molecule has 0 bridgehead atoms. The Morgan fingerprint density at radius 3 is 2.53 bits per heavy atom. The molecule has 1 heterocycles. The van der Waals surface area contributed by atoms with Crippen LogP contribution in [0.3, 0.4) is 0 Å².